The van der Waals surface area contributed by atoms with Crippen LogP contribution in [0.25, 0.3) is 0 Å². The van der Waals surface area contributed by atoms with Crippen molar-refractivity contribution >= 4 is 0 Å². The number of ether oxygens (including phenoxy) is 1. The molecule has 0 saturated heterocycles. The number of hydrogen-bond acceptors (Lipinski definition) is 1. The van der Waals surface area contributed by atoms with Crippen molar-refractivity contribution in [3.63, 3.8) is 0 Å². The van der Waals surface area contributed by atoms with Gasteiger partial charge in [-0.1, -0.05) is 26.3 Å². The van der Waals surface area contributed by atoms with Crippen molar-refractivity contribution in [1.82, 2.24) is 0 Å². The van der Waals surface area contributed by atoms with Crippen LogP contribution in [0.4, 0.5) is 0 Å². The Morgan fingerprint density at radius 2 is 2.00 bits per heavy atom. The second-order valence-electron chi connectivity index (χ2n) is 3.99. The Morgan fingerprint density at radius 3 is 2.71 bits per heavy atom. The van der Waals surface area contributed by atoms with Crippen LogP contribution in [0.1, 0.15) is 39.5 Å². The lowest BCUT2D eigenvalue weighted by Crippen LogP contribution is -2.01. The zero-order valence-electron chi connectivity index (χ0n) is 9.05. The molecule has 0 N–H and O–H groups in total. The minimum absolute atomic E-state index is 0.248. The average Bonchev–Trinajstić information content (AvgIpc) is 2.69. The van der Waals surface area contributed by atoms with Gasteiger partial charge in [-0.25, -0.2) is 0 Å². The molecule has 0 saturated carbocycles. The smallest absolute Gasteiger partial charge is 0.142 e. The molecule has 1 atom stereocenters. The summed E-state index contributed by atoms with van der Waals surface area (Å²) < 4.78 is 5.82. The Labute approximate surface area is 86.2 Å². The predicted octanol–water partition coefficient (Wildman–Crippen LogP) is 3.74. The Balaban J connectivity index is 2.14. The lowest BCUT2D eigenvalue weighted by Gasteiger charge is -2.07. The fraction of sp³-hybridized carbons (Fsp3) is 0.538. The molecule has 1 heterocycles. The van der Waals surface area contributed by atoms with E-state index >= 15 is 0 Å². The van der Waals surface area contributed by atoms with Gasteiger partial charge in [0.1, 0.15) is 6.10 Å². The summed E-state index contributed by atoms with van der Waals surface area (Å²) in [5.41, 5.74) is 2.89. The maximum atomic E-state index is 5.82. The highest BCUT2D eigenvalue weighted by atomic mass is 16.5. The van der Waals surface area contributed by atoms with Crippen LogP contribution >= 0.6 is 0 Å². The Bertz CT molecular complexity index is 307. The first kappa shape index (κ1) is 9.57. The Hall–Kier alpha value is -0.980. The number of rotatable bonds is 4. The molecule has 14 heavy (non-hydrogen) atoms. The summed E-state index contributed by atoms with van der Waals surface area (Å²) in [5.74, 6) is 1.17. The van der Waals surface area contributed by atoms with E-state index in [2.05, 4.69) is 32.1 Å². The summed E-state index contributed by atoms with van der Waals surface area (Å²) >= 11 is 0. The topological polar surface area (TPSA) is 9.23 Å². The second-order valence-corrected chi connectivity index (χ2v) is 3.99. The molecule has 76 valence electrons. The van der Waals surface area contributed by atoms with Gasteiger partial charge in [0.15, 0.2) is 0 Å². The summed E-state index contributed by atoms with van der Waals surface area (Å²) in [4.78, 5) is 0. The van der Waals surface area contributed by atoms with Gasteiger partial charge in [0.25, 0.3) is 0 Å². The summed E-state index contributed by atoms with van der Waals surface area (Å²) in [6.07, 6.45) is 11.5. The van der Waals surface area contributed by atoms with Gasteiger partial charge in [-0.05, 0) is 30.6 Å². The van der Waals surface area contributed by atoms with Crippen molar-refractivity contribution in [2.75, 3.05) is 0 Å². The van der Waals surface area contributed by atoms with Crippen molar-refractivity contribution in [3.8, 4) is 0 Å². The molecule has 1 heteroatoms. The van der Waals surface area contributed by atoms with E-state index in [-0.39, 0.29) is 6.10 Å². The summed E-state index contributed by atoms with van der Waals surface area (Å²) in [7, 11) is 0. The number of hydrogen-bond donors (Lipinski definition) is 0. The van der Waals surface area contributed by atoms with Crippen LogP contribution in [0.3, 0.4) is 0 Å². The largest absolute Gasteiger partial charge is 0.486 e. The number of fused-ring (bicyclic) bond motifs is 1. The van der Waals surface area contributed by atoms with E-state index in [1.165, 1.54) is 36.2 Å². The van der Waals surface area contributed by atoms with Crippen LogP contribution in [0.15, 0.2) is 35.1 Å². The molecule has 1 aliphatic carbocycles. The van der Waals surface area contributed by atoms with Crippen molar-refractivity contribution in [2.45, 2.75) is 45.6 Å². The summed E-state index contributed by atoms with van der Waals surface area (Å²) in [6, 6.07) is 0. The fourth-order valence-electron chi connectivity index (χ4n) is 2.11. The molecule has 1 unspecified atom stereocenters. The van der Waals surface area contributed by atoms with Gasteiger partial charge in [-0.15, -0.1) is 0 Å². The molecule has 0 aromatic heterocycles. The summed E-state index contributed by atoms with van der Waals surface area (Å²) in [5, 5.41) is 0. The quantitative estimate of drug-likeness (QED) is 0.656. The Morgan fingerprint density at radius 1 is 1.21 bits per heavy atom. The SMILES string of the molecule is CCCC1=CC2=C(CCC)C=CC2O1. The van der Waals surface area contributed by atoms with Gasteiger partial charge in [-0.3, -0.25) is 0 Å². The lowest BCUT2D eigenvalue weighted by atomic mass is 10.1. The highest BCUT2D eigenvalue weighted by Gasteiger charge is 2.26. The fourth-order valence-corrected chi connectivity index (χ4v) is 2.11. The zero-order valence-corrected chi connectivity index (χ0v) is 9.05. The van der Waals surface area contributed by atoms with Crippen molar-refractivity contribution in [2.24, 2.45) is 0 Å². The minimum Gasteiger partial charge on any atom is -0.486 e. The van der Waals surface area contributed by atoms with Crippen LogP contribution < -0.4 is 0 Å². The van der Waals surface area contributed by atoms with Crippen LogP contribution in [-0.4, -0.2) is 6.10 Å². The van der Waals surface area contributed by atoms with Crippen molar-refractivity contribution < 1.29 is 4.74 Å². The Kier molecular flexibility index (Phi) is 2.76. The van der Waals surface area contributed by atoms with Crippen LogP contribution in [0.2, 0.25) is 0 Å². The van der Waals surface area contributed by atoms with E-state index in [4.69, 9.17) is 4.74 Å². The van der Waals surface area contributed by atoms with Gasteiger partial charge < -0.3 is 4.74 Å². The summed E-state index contributed by atoms with van der Waals surface area (Å²) in [6.45, 7) is 4.41. The van der Waals surface area contributed by atoms with E-state index in [1.807, 2.05) is 0 Å². The lowest BCUT2D eigenvalue weighted by molar-refractivity contribution is 0.196. The third kappa shape index (κ3) is 1.63. The van der Waals surface area contributed by atoms with Crippen LogP contribution in [-0.2, 0) is 4.74 Å². The maximum absolute atomic E-state index is 5.82. The first-order chi connectivity index (χ1) is 6.85. The number of allylic oxidation sites excluding steroid dienone is 3. The van der Waals surface area contributed by atoms with Crippen LogP contribution in [0, 0.1) is 0 Å². The standard InChI is InChI=1S/C13H18O/c1-3-5-10-7-8-13-12(10)9-11(14-13)6-4-2/h7-9,13H,3-6H2,1-2H3. The van der Waals surface area contributed by atoms with Gasteiger partial charge >= 0.3 is 0 Å². The predicted molar refractivity (Wildman–Crippen MR) is 58.9 cm³/mol. The molecule has 0 radical (unpaired) electrons. The molecule has 0 aromatic rings. The molecule has 1 nitrogen and oxygen atoms in total. The van der Waals surface area contributed by atoms with Gasteiger partial charge in [0.05, 0.1) is 5.76 Å². The molecule has 0 aromatic carbocycles. The minimum atomic E-state index is 0.248. The van der Waals surface area contributed by atoms with Crippen molar-refractivity contribution in [1.29, 1.82) is 0 Å². The molecule has 0 amide bonds. The third-order valence-electron chi connectivity index (χ3n) is 2.76. The first-order valence-electron chi connectivity index (χ1n) is 5.63. The molecule has 0 fully saturated rings. The molecule has 1 aliphatic heterocycles. The van der Waals surface area contributed by atoms with Gasteiger partial charge in [0, 0.05) is 12.0 Å². The normalized spacial score (nSPS) is 23.9. The first-order valence-corrected chi connectivity index (χ1v) is 5.63. The van der Waals surface area contributed by atoms with Crippen LogP contribution in [0.5, 0.6) is 0 Å². The highest BCUT2D eigenvalue weighted by molar-refractivity contribution is 5.48. The van der Waals surface area contributed by atoms with E-state index in [0.29, 0.717) is 0 Å². The second kappa shape index (κ2) is 4.04. The molecular formula is C13H18O. The molecule has 2 aliphatic rings. The van der Waals surface area contributed by atoms with E-state index in [1.54, 1.807) is 0 Å². The third-order valence-corrected chi connectivity index (χ3v) is 2.76. The van der Waals surface area contributed by atoms with Crippen molar-refractivity contribution in [3.05, 3.63) is 35.1 Å². The van der Waals surface area contributed by atoms with E-state index < -0.39 is 0 Å². The molecular weight excluding hydrogens is 172 g/mol. The van der Waals surface area contributed by atoms with Gasteiger partial charge in [0.2, 0.25) is 0 Å². The average molecular weight is 190 g/mol. The highest BCUT2D eigenvalue weighted by Crippen LogP contribution is 2.34. The molecule has 0 spiro atoms. The van der Waals surface area contributed by atoms with E-state index in [9.17, 15) is 0 Å². The maximum Gasteiger partial charge on any atom is 0.142 e. The molecule has 2 rings (SSSR count). The monoisotopic (exact) mass is 190 g/mol. The molecule has 0 bridgehead atoms. The van der Waals surface area contributed by atoms with E-state index in [0.717, 1.165) is 6.42 Å². The van der Waals surface area contributed by atoms with Gasteiger partial charge in [-0.2, -0.15) is 0 Å². The zero-order chi connectivity index (χ0) is 9.97.